The SMILES string of the molecule is COc1ccc2cc(C(=O)NCCCN(C)CC(F)(F)F)c(C)nc2c1. The van der Waals surface area contributed by atoms with E-state index >= 15 is 0 Å². The molecule has 0 atom stereocenters. The summed E-state index contributed by atoms with van der Waals surface area (Å²) < 4.78 is 41.9. The van der Waals surface area contributed by atoms with E-state index in [1.54, 1.807) is 32.2 Å². The molecule has 2 rings (SSSR count). The number of ether oxygens (including phenoxy) is 1. The van der Waals surface area contributed by atoms with Crippen molar-refractivity contribution in [3.05, 3.63) is 35.5 Å². The van der Waals surface area contributed by atoms with Crippen molar-refractivity contribution in [2.24, 2.45) is 0 Å². The Balaban J connectivity index is 1.94. The molecule has 0 radical (unpaired) electrons. The molecular weight excluding hydrogens is 347 g/mol. The highest BCUT2D eigenvalue weighted by molar-refractivity contribution is 5.98. The Hall–Kier alpha value is -2.35. The van der Waals surface area contributed by atoms with E-state index in [1.165, 1.54) is 11.9 Å². The van der Waals surface area contributed by atoms with Gasteiger partial charge in [-0.25, -0.2) is 0 Å². The van der Waals surface area contributed by atoms with Gasteiger partial charge in [-0.05, 0) is 45.1 Å². The van der Waals surface area contributed by atoms with Crippen LogP contribution in [0.3, 0.4) is 0 Å². The van der Waals surface area contributed by atoms with E-state index in [0.717, 1.165) is 10.9 Å². The lowest BCUT2D eigenvalue weighted by Gasteiger charge is -2.18. The van der Waals surface area contributed by atoms with Gasteiger partial charge in [0.25, 0.3) is 5.91 Å². The fraction of sp³-hybridized carbons (Fsp3) is 0.444. The maximum Gasteiger partial charge on any atom is 0.401 e. The quantitative estimate of drug-likeness (QED) is 0.762. The Morgan fingerprint density at radius 2 is 2.04 bits per heavy atom. The second kappa shape index (κ2) is 8.35. The number of aryl methyl sites for hydroxylation is 1. The average molecular weight is 369 g/mol. The number of carbonyl (C=O) groups excluding carboxylic acids is 1. The van der Waals surface area contributed by atoms with Crippen molar-refractivity contribution in [2.75, 3.05) is 33.8 Å². The van der Waals surface area contributed by atoms with Crippen LogP contribution in [0, 0.1) is 6.92 Å². The molecule has 8 heteroatoms. The summed E-state index contributed by atoms with van der Waals surface area (Å²) in [5.41, 5.74) is 1.76. The number of nitrogens with one attached hydrogen (secondary N) is 1. The van der Waals surface area contributed by atoms with Crippen molar-refractivity contribution in [1.29, 1.82) is 0 Å². The zero-order chi connectivity index (χ0) is 19.3. The van der Waals surface area contributed by atoms with Gasteiger partial charge in [-0.2, -0.15) is 13.2 Å². The van der Waals surface area contributed by atoms with E-state index in [1.807, 2.05) is 6.07 Å². The number of fused-ring (bicyclic) bond motifs is 1. The molecule has 1 aromatic carbocycles. The van der Waals surface area contributed by atoms with Gasteiger partial charge in [-0.1, -0.05) is 0 Å². The predicted octanol–water partition coefficient (Wildman–Crippen LogP) is 3.17. The number of benzene rings is 1. The molecule has 0 aliphatic rings. The zero-order valence-corrected chi connectivity index (χ0v) is 15.0. The molecule has 5 nitrogen and oxygen atoms in total. The van der Waals surface area contributed by atoms with E-state index in [2.05, 4.69) is 10.3 Å². The number of alkyl halides is 3. The first-order valence-electron chi connectivity index (χ1n) is 8.18. The summed E-state index contributed by atoms with van der Waals surface area (Å²) in [6, 6.07) is 7.16. The van der Waals surface area contributed by atoms with Gasteiger partial charge in [0.05, 0.1) is 30.4 Å². The number of hydrogen-bond acceptors (Lipinski definition) is 4. The number of rotatable bonds is 7. The van der Waals surface area contributed by atoms with Gasteiger partial charge >= 0.3 is 6.18 Å². The lowest BCUT2D eigenvalue weighted by Crippen LogP contribution is -2.34. The third-order valence-electron chi connectivity index (χ3n) is 3.91. The molecule has 0 aliphatic heterocycles. The third kappa shape index (κ3) is 5.59. The van der Waals surface area contributed by atoms with Crippen LogP contribution in [-0.4, -0.2) is 55.8 Å². The van der Waals surface area contributed by atoms with Crippen LogP contribution in [0.15, 0.2) is 24.3 Å². The van der Waals surface area contributed by atoms with Crippen LogP contribution in [0.4, 0.5) is 13.2 Å². The van der Waals surface area contributed by atoms with Crippen molar-refractivity contribution in [3.63, 3.8) is 0 Å². The van der Waals surface area contributed by atoms with Crippen molar-refractivity contribution in [3.8, 4) is 5.75 Å². The lowest BCUT2D eigenvalue weighted by atomic mass is 10.1. The van der Waals surface area contributed by atoms with E-state index < -0.39 is 12.7 Å². The Morgan fingerprint density at radius 1 is 1.31 bits per heavy atom. The highest BCUT2D eigenvalue weighted by atomic mass is 19.4. The second-order valence-corrected chi connectivity index (χ2v) is 6.14. The predicted molar refractivity (Wildman–Crippen MR) is 93.5 cm³/mol. The molecule has 0 spiro atoms. The van der Waals surface area contributed by atoms with E-state index in [4.69, 9.17) is 4.74 Å². The van der Waals surface area contributed by atoms with Gasteiger partial charge < -0.3 is 10.1 Å². The Bertz CT molecular complexity index is 778. The first-order valence-corrected chi connectivity index (χ1v) is 8.18. The fourth-order valence-electron chi connectivity index (χ4n) is 2.63. The van der Waals surface area contributed by atoms with Gasteiger partial charge in [0.1, 0.15) is 5.75 Å². The number of carbonyl (C=O) groups is 1. The van der Waals surface area contributed by atoms with Crippen LogP contribution in [0.5, 0.6) is 5.75 Å². The minimum Gasteiger partial charge on any atom is -0.497 e. The fourth-order valence-corrected chi connectivity index (χ4v) is 2.63. The number of nitrogens with zero attached hydrogens (tertiary/aromatic N) is 2. The molecule has 0 fully saturated rings. The van der Waals surface area contributed by atoms with Gasteiger partial charge in [0.15, 0.2) is 0 Å². The smallest absolute Gasteiger partial charge is 0.401 e. The largest absolute Gasteiger partial charge is 0.497 e. The number of aromatic nitrogens is 1. The van der Waals surface area contributed by atoms with Crippen LogP contribution in [-0.2, 0) is 0 Å². The molecule has 142 valence electrons. The summed E-state index contributed by atoms with van der Waals surface area (Å²) in [4.78, 5) is 17.9. The van der Waals surface area contributed by atoms with E-state index in [9.17, 15) is 18.0 Å². The molecular formula is C18H22F3N3O2. The van der Waals surface area contributed by atoms with Crippen LogP contribution in [0.2, 0.25) is 0 Å². The number of halogens is 3. The maximum absolute atomic E-state index is 12.3. The molecule has 0 bridgehead atoms. The van der Waals surface area contributed by atoms with Crippen molar-refractivity contribution in [2.45, 2.75) is 19.5 Å². The summed E-state index contributed by atoms with van der Waals surface area (Å²) >= 11 is 0. The highest BCUT2D eigenvalue weighted by Gasteiger charge is 2.28. The second-order valence-electron chi connectivity index (χ2n) is 6.14. The number of methoxy groups -OCH3 is 1. The first kappa shape index (κ1) is 20.0. The van der Waals surface area contributed by atoms with Gasteiger partial charge in [-0.3, -0.25) is 14.7 Å². The molecule has 2 aromatic rings. The molecule has 0 aliphatic carbocycles. The van der Waals surface area contributed by atoms with Crippen LogP contribution in [0.1, 0.15) is 22.5 Å². The van der Waals surface area contributed by atoms with Crippen molar-refractivity contribution < 1.29 is 22.7 Å². The Morgan fingerprint density at radius 3 is 2.69 bits per heavy atom. The molecule has 1 N–H and O–H groups in total. The minimum atomic E-state index is -4.21. The minimum absolute atomic E-state index is 0.245. The summed E-state index contributed by atoms with van der Waals surface area (Å²) in [5, 5.41) is 3.55. The molecule has 0 unspecified atom stereocenters. The van der Waals surface area contributed by atoms with Crippen LogP contribution in [0.25, 0.3) is 10.9 Å². The molecule has 1 aromatic heterocycles. The standard InChI is InChI=1S/C18H22F3N3O2/c1-12-15(9-13-5-6-14(26-3)10-16(13)23-12)17(25)22-7-4-8-24(2)11-18(19,20)21/h5-6,9-10H,4,7-8,11H2,1-3H3,(H,22,25). The first-order chi connectivity index (χ1) is 12.2. The Labute approximate surface area is 150 Å². The van der Waals surface area contributed by atoms with Gasteiger partial charge in [0.2, 0.25) is 0 Å². The van der Waals surface area contributed by atoms with Crippen LogP contribution >= 0.6 is 0 Å². The average Bonchev–Trinajstić information content (AvgIpc) is 2.55. The normalized spacial score (nSPS) is 11.8. The highest BCUT2D eigenvalue weighted by Crippen LogP contribution is 2.21. The molecule has 1 amide bonds. The molecule has 26 heavy (non-hydrogen) atoms. The zero-order valence-electron chi connectivity index (χ0n) is 15.0. The molecule has 1 heterocycles. The summed E-state index contributed by atoms with van der Waals surface area (Å²) in [6.45, 7) is 1.32. The molecule has 0 saturated heterocycles. The molecule has 0 saturated carbocycles. The number of hydrogen-bond donors (Lipinski definition) is 1. The summed E-state index contributed by atoms with van der Waals surface area (Å²) in [6.07, 6.45) is -3.79. The van der Waals surface area contributed by atoms with Crippen molar-refractivity contribution in [1.82, 2.24) is 15.2 Å². The number of amides is 1. The summed E-state index contributed by atoms with van der Waals surface area (Å²) in [5.74, 6) is 0.399. The Kier molecular flexibility index (Phi) is 6.42. The number of pyridine rings is 1. The maximum atomic E-state index is 12.3. The summed E-state index contributed by atoms with van der Waals surface area (Å²) in [7, 11) is 2.98. The topological polar surface area (TPSA) is 54.5 Å². The van der Waals surface area contributed by atoms with E-state index in [-0.39, 0.29) is 12.5 Å². The third-order valence-corrected chi connectivity index (χ3v) is 3.91. The van der Waals surface area contributed by atoms with Gasteiger partial charge in [0, 0.05) is 18.0 Å². The monoisotopic (exact) mass is 369 g/mol. The van der Waals surface area contributed by atoms with Crippen LogP contribution < -0.4 is 10.1 Å². The van der Waals surface area contributed by atoms with Crippen molar-refractivity contribution >= 4 is 16.8 Å². The lowest BCUT2D eigenvalue weighted by molar-refractivity contribution is -0.143. The van der Waals surface area contributed by atoms with E-state index in [0.29, 0.717) is 30.0 Å². The van der Waals surface area contributed by atoms with Gasteiger partial charge in [-0.15, -0.1) is 0 Å².